The van der Waals surface area contributed by atoms with Crippen molar-refractivity contribution in [2.45, 2.75) is 25.9 Å². The predicted octanol–water partition coefficient (Wildman–Crippen LogP) is 1.45. The van der Waals surface area contributed by atoms with Gasteiger partial charge in [-0.3, -0.25) is 19.8 Å². The number of amides is 2. The maximum absolute atomic E-state index is 11.9. The van der Waals surface area contributed by atoms with Crippen molar-refractivity contribution >= 4 is 23.4 Å². The third kappa shape index (κ3) is 2.67. The monoisotopic (exact) mass is 291 g/mol. The van der Waals surface area contributed by atoms with E-state index in [1.54, 1.807) is 36.9 Å². The SMILES string of the molecule is CC1(C)C(=O)NC(=O)CN1Cc1ccc(C#N)cc1Cl. The fraction of sp³-hybridized carbons (Fsp3) is 0.357. The summed E-state index contributed by atoms with van der Waals surface area (Å²) in [5.74, 6) is -0.641. The molecule has 104 valence electrons. The first kappa shape index (κ1) is 14.5. The molecular formula is C14H14ClN3O2. The summed E-state index contributed by atoms with van der Waals surface area (Å²) in [7, 11) is 0. The summed E-state index contributed by atoms with van der Waals surface area (Å²) in [6.45, 7) is 4.02. The van der Waals surface area contributed by atoms with Crippen LogP contribution < -0.4 is 5.32 Å². The first-order chi connectivity index (χ1) is 9.34. The van der Waals surface area contributed by atoms with Gasteiger partial charge in [-0.25, -0.2) is 0 Å². The number of hydrogen-bond acceptors (Lipinski definition) is 4. The molecule has 2 amide bonds. The lowest BCUT2D eigenvalue weighted by atomic mass is 9.97. The van der Waals surface area contributed by atoms with Gasteiger partial charge in [0.05, 0.1) is 23.7 Å². The van der Waals surface area contributed by atoms with Crippen molar-refractivity contribution in [1.29, 1.82) is 5.26 Å². The number of nitrogens with one attached hydrogen (secondary N) is 1. The Bertz CT molecular complexity index is 619. The summed E-state index contributed by atoms with van der Waals surface area (Å²) in [6, 6.07) is 7.00. The Balaban J connectivity index is 2.26. The summed E-state index contributed by atoms with van der Waals surface area (Å²) in [4.78, 5) is 25.1. The normalized spacial score (nSPS) is 18.5. The molecule has 20 heavy (non-hydrogen) atoms. The summed E-state index contributed by atoms with van der Waals surface area (Å²) in [5, 5.41) is 11.6. The second kappa shape index (κ2) is 5.23. The minimum Gasteiger partial charge on any atom is -0.294 e. The fourth-order valence-corrected chi connectivity index (χ4v) is 2.28. The van der Waals surface area contributed by atoms with Crippen LogP contribution in [0.4, 0.5) is 0 Å². The topological polar surface area (TPSA) is 73.2 Å². The van der Waals surface area contributed by atoms with E-state index in [4.69, 9.17) is 16.9 Å². The highest BCUT2D eigenvalue weighted by Gasteiger charge is 2.40. The summed E-state index contributed by atoms with van der Waals surface area (Å²) < 4.78 is 0. The van der Waals surface area contributed by atoms with Crippen LogP contribution in [0, 0.1) is 11.3 Å². The van der Waals surface area contributed by atoms with Crippen LogP contribution in [-0.2, 0) is 16.1 Å². The fourth-order valence-electron chi connectivity index (χ4n) is 2.04. The lowest BCUT2D eigenvalue weighted by molar-refractivity contribution is -0.145. The lowest BCUT2D eigenvalue weighted by Gasteiger charge is -2.40. The van der Waals surface area contributed by atoms with Crippen LogP contribution in [0.15, 0.2) is 18.2 Å². The van der Waals surface area contributed by atoms with Crippen LogP contribution in [0.5, 0.6) is 0 Å². The Labute approximate surface area is 122 Å². The molecule has 0 aliphatic carbocycles. The Morgan fingerprint density at radius 1 is 1.45 bits per heavy atom. The standard InChI is InChI=1S/C14H14ClN3O2/c1-14(2)13(20)17-12(19)8-18(14)7-10-4-3-9(6-16)5-11(10)15/h3-5H,7-8H2,1-2H3,(H,17,19,20). The number of hydrogen-bond donors (Lipinski definition) is 1. The second-order valence-corrected chi connectivity index (χ2v) is 5.62. The zero-order valence-corrected chi connectivity index (χ0v) is 12.0. The van der Waals surface area contributed by atoms with E-state index in [-0.39, 0.29) is 18.4 Å². The maximum Gasteiger partial charge on any atom is 0.246 e. The molecule has 0 atom stereocenters. The Kier molecular flexibility index (Phi) is 3.80. The zero-order chi connectivity index (χ0) is 14.9. The van der Waals surface area contributed by atoms with Gasteiger partial charge < -0.3 is 0 Å². The van der Waals surface area contributed by atoms with Gasteiger partial charge >= 0.3 is 0 Å². The number of carbonyl (C=O) groups excluding carboxylic acids is 2. The molecule has 1 aliphatic heterocycles. The molecule has 0 bridgehead atoms. The van der Waals surface area contributed by atoms with Crippen molar-refractivity contribution in [2.24, 2.45) is 0 Å². The van der Waals surface area contributed by atoms with E-state index in [9.17, 15) is 9.59 Å². The highest BCUT2D eigenvalue weighted by Crippen LogP contribution is 2.25. The minimum absolute atomic E-state index is 0.134. The average molecular weight is 292 g/mol. The quantitative estimate of drug-likeness (QED) is 0.837. The molecule has 0 saturated carbocycles. The van der Waals surface area contributed by atoms with Gasteiger partial charge in [0.2, 0.25) is 11.8 Å². The van der Waals surface area contributed by atoms with Crippen molar-refractivity contribution in [1.82, 2.24) is 10.2 Å². The number of carbonyl (C=O) groups is 2. The lowest BCUT2D eigenvalue weighted by Crippen LogP contribution is -2.63. The number of halogens is 1. The number of piperazine rings is 1. The van der Waals surface area contributed by atoms with E-state index in [2.05, 4.69) is 5.32 Å². The first-order valence-corrected chi connectivity index (χ1v) is 6.50. The molecule has 0 aromatic heterocycles. The van der Waals surface area contributed by atoms with Gasteiger partial charge in [-0.15, -0.1) is 0 Å². The molecule has 0 radical (unpaired) electrons. The molecule has 1 fully saturated rings. The number of rotatable bonds is 2. The highest BCUT2D eigenvalue weighted by molar-refractivity contribution is 6.31. The van der Waals surface area contributed by atoms with Crippen molar-refractivity contribution in [2.75, 3.05) is 6.54 Å². The third-order valence-electron chi connectivity index (χ3n) is 3.48. The summed E-state index contributed by atoms with van der Waals surface area (Å²) in [5.41, 5.74) is 0.470. The molecule has 0 unspecified atom stereocenters. The van der Waals surface area contributed by atoms with Gasteiger partial charge in [0, 0.05) is 11.6 Å². The van der Waals surface area contributed by atoms with Gasteiger partial charge in [0.15, 0.2) is 0 Å². The van der Waals surface area contributed by atoms with Crippen molar-refractivity contribution in [3.63, 3.8) is 0 Å². The van der Waals surface area contributed by atoms with Gasteiger partial charge in [0.25, 0.3) is 0 Å². The minimum atomic E-state index is -0.787. The van der Waals surface area contributed by atoms with Gasteiger partial charge in [-0.05, 0) is 31.5 Å². The molecule has 1 N–H and O–H groups in total. The molecule has 2 rings (SSSR count). The van der Waals surface area contributed by atoms with E-state index < -0.39 is 5.54 Å². The van der Waals surface area contributed by atoms with Crippen molar-refractivity contribution in [3.05, 3.63) is 34.3 Å². The molecule has 0 spiro atoms. The van der Waals surface area contributed by atoms with E-state index in [1.165, 1.54) is 0 Å². The molecule has 6 heteroatoms. The van der Waals surface area contributed by atoms with Crippen molar-refractivity contribution in [3.8, 4) is 6.07 Å². The summed E-state index contributed by atoms with van der Waals surface area (Å²) in [6.07, 6.45) is 0. The van der Waals surface area contributed by atoms with Gasteiger partial charge in [0.1, 0.15) is 0 Å². The number of nitrogens with zero attached hydrogens (tertiary/aromatic N) is 2. The predicted molar refractivity (Wildman–Crippen MR) is 73.8 cm³/mol. The van der Waals surface area contributed by atoms with Crippen LogP contribution in [0.2, 0.25) is 5.02 Å². The Morgan fingerprint density at radius 3 is 2.75 bits per heavy atom. The molecular weight excluding hydrogens is 278 g/mol. The van der Waals surface area contributed by atoms with E-state index in [0.717, 1.165) is 5.56 Å². The van der Waals surface area contributed by atoms with Crippen LogP contribution in [0.3, 0.4) is 0 Å². The van der Waals surface area contributed by atoms with Crippen LogP contribution in [-0.4, -0.2) is 28.8 Å². The molecule has 1 aliphatic rings. The molecule has 1 saturated heterocycles. The Morgan fingerprint density at radius 2 is 2.15 bits per heavy atom. The van der Waals surface area contributed by atoms with Crippen LogP contribution in [0.25, 0.3) is 0 Å². The number of benzene rings is 1. The average Bonchev–Trinajstić information content (AvgIpc) is 2.38. The number of imide groups is 1. The molecule has 1 heterocycles. The maximum atomic E-state index is 11.9. The van der Waals surface area contributed by atoms with Crippen LogP contribution >= 0.6 is 11.6 Å². The first-order valence-electron chi connectivity index (χ1n) is 6.12. The second-order valence-electron chi connectivity index (χ2n) is 5.21. The van der Waals surface area contributed by atoms with Gasteiger partial charge in [-0.1, -0.05) is 17.7 Å². The summed E-state index contributed by atoms with van der Waals surface area (Å²) >= 11 is 6.13. The smallest absolute Gasteiger partial charge is 0.246 e. The van der Waals surface area contributed by atoms with Crippen LogP contribution in [0.1, 0.15) is 25.0 Å². The van der Waals surface area contributed by atoms with E-state index >= 15 is 0 Å². The molecule has 5 nitrogen and oxygen atoms in total. The van der Waals surface area contributed by atoms with Gasteiger partial charge in [-0.2, -0.15) is 5.26 Å². The molecule has 1 aromatic carbocycles. The van der Waals surface area contributed by atoms with Crippen molar-refractivity contribution < 1.29 is 9.59 Å². The largest absolute Gasteiger partial charge is 0.294 e. The highest BCUT2D eigenvalue weighted by atomic mass is 35.5. The van der Waals surface area contributed by atoms with E-state index in [1.807, 2.05) is 6.07 Å². The zero-order valence-electron chi connectivity index (χ0n) is 11.2. The van der Waals surface area contributed by atoms with E-state index in [0.29, 0.717) is 17.1 Å². The third-order valence-corrected chi connectivity index (χ3v) is 3.83. The number of nitriles is 1. The Hall–Kier alpha value is -1.90. The molecule has 1 aromatic rings.